The molecule has 0 aliphatic rings. The fourth-order valence-corrected chi connectivity index (χ4v) is 3.43. The SMILES string of the molecule is CCN(Cc1ccc(C(=O)NCc2cccc(COCc3ccco3)c2)cc1)C(C)C. The lowest BCUT2D eigenvalue weighted by Gasteiger charge is -2.24. The average molecular weight is 421 g/mol. The Labute approximate surface area is 185 Å². The monoisotopic (exact) mass is 420 g/mol. The maximum absolute atomic E-state index is 12.5. The molecule has 0 saturated heterocycles. The second-order valence-corrected chi connectivity index (χ2v) is 7.93. The van der Waals surface area contributed by atoms with E-state index in [0.29, 0.717) is 31.4 Å². The number of nitrogens with one attached hydrogen (secondary N) is 1. The summed E-state index contributed by atoms with van der Waals surface area (Å²) in [6.07, 6.45) is 1.64. The molecule has 3 aromatic rings. The Hall–Kier alpha value is -2.89. The number of carbonyl (C=O) groups excluding carboxylic acids is 1. The molecule has 164 valence electrons. The minimum absolute atomic E-state index is 0.0674. The van der Waals surface area contributed by atoms with Crippen molar-refractivity contribution in [2.24, 2.45) is 0 Å². The zero-order valence-corrected chi connectivity index (χ0v) is 18.6. The predicted octanol–water partition coefficient (Wildman–Crippen LogP) is 5.16. The van der Waals surface area contributed by atoms with E-state index in [-0.39, 0.29) is 5.91 Å². The summed E-state index contributed by atoms with van der Waals surface area (Å²) in [5.41, 5.74) is 4.00. The first-order valence-electron chi connectivity index (χ1n) is 10.8. The summed E-state index contributed by atoms with van der Waals surface area (Å²) < 4.78 is 11.0. The molecule has 0 atom stereocenters. The Morgan fingerprint density at radius 3 is 2.45 bits per heavy atom. The minimum Gasteiger partial charge on any atom is -0.467 e. The molecule has 0 bridgehead atoms. The number of nitrogens with zero attached hydrogens (tertiary/aromatic N) is 1. The molecular formula is C26H32N2O3. The normalized spacial score (nSPS) is 11.3. The van der Waals surface area contributed by atoms with Crippen molar-refractivity contribution in [1.29, 1.82) is 0 Å². The summed E-state index contributed by atoms with van der Waals surface area (Å²) >= 11 is 0. The Bertz CT molecular complexity index is 934. The van der Waals surface area contributed by atoms with Gasteiger partial charge in [-0.3, -0.25) is 9.69 Å². The number of benzene rings is 2. The van der Waals surface area contributed by atoms with E-state index < -0.39 is 0 Å². The van der Waals surface area contributed by atoms with Crippen molar-refractivity contribution in [2.45, 2.75) is 53.1 Å². The summed E-state index contributed by atoms with van der Waals surface area (Å²) in [6.45, 7) is 9.88. The van der Waals surface area contributed by atoms with Crippen LogP contribution in [0.2, 0.25) is 0 Å². The van der Waals surface area contributed by atoms with Gasteiger partial charge in [0.25, 0.3) is 5.91 Å². The van der Waals surface area contributed by atoms with Crippen molar-refractivity contribution in [3.8, 4) is 0 Å². The van der Waals surface area contributed by atoms with Crippen LogP contribution in [0.5, 0.6) is 0 Å². The van der Waals surface area contributed by atoms with Gasteiger partial charge in [0.15, 0.2) is 0 Å². The number of hydrogen-bond acceptors (Lipinski definition) is 4. The van der Waals surface area contributed by atoms with Crippen LogP contribution in [0.4, 0.5) is 0 Å². The summed E-state index contributed by atoms with van der Waals surface area (Å²) in [5.74, 6) is 0.739. The molecule has 1 heterocycles. The van der Waals surface area contributed by atoms with Crippen LogP contribution in [0.25, 0.3) is 0 Å². The van der Waals surface area contributed by atoms with Crippen molar-refractivity contribution in [3.05, 3.63) is 94.9 Å². The van der Waals surface area contributed by atoms with Gasteiger partial charge in [-0.1, -0.05) is 43.3 Å². The van der Waals surface area contributed by atoms with E-state index in [9.17, 15) is 4.79 Å². The Morgan fingerprint density at radius 1 is 1.00 bits per heavy atom. The molecule has 0 radical (unpaired) electrons. The molecule has 31 heavy (non-hydrogen) atoms. The van der Waals surface area contributed by atoms with Crippen molar-refractivity contribution in [3.63, 3.8) is 0 Å². The third-order valence-electron chi connectivity index (χ3n) is 5.28. The minimum atomic E-state index is -0.0674. The van der Waals surface area contributed by atoms with E-state index in [2.05, 4.69) is 37.1 Å². The van der Waals surface area contributed by atoms with Crippen molar-refractivity contribution in [2.75, 3.05) is 6.54 Å². The Balaban J connectivity index is 1.48. The molecule has 0 saturated carbocycles. The molecule has 3 rings (SSSR count). The third kappa shape index (κ3) is 7.09. The molecule has 5 heteroatoms. The van der Waals surface area contributed by atoms with Gasteiger partial charge in [-0.05, 0) is 61.3 Å². The highest BCUT2D eigenvalue weighted by Crippen LogP contribution is 2.12. The molecule has 0 aliphatic heterocycles. The fourth-order valence-electron chi connectivity index (χ4n) is 3.43. The van der Waals surface area contributed by atoms with Gasteiger partial charge in [0.1, 0.15) is 12.4 Å². The molecular weight excluding hydrogens is 388 g/mol. The maximum atomic E-state index is 12.5. The molecule has 0 fully saturated rings. The largest absolute Gasteiger partial charge is 0.467 e. The summed E-state index contributed by atoms with van der Waals surface area (Å²) in [7, 11) is 0. The summed E-state index contributed by atoms with van der Waals surface area (Å²) in [5, 5.41) is 3.01. The second-order valence-electron chi connectivity index (χ2n) is 7.93. The first-order valence-corrected chi connectivity index (χ1v) is 10.8. The Morgan fingerprint density at radius 2 is 1.77 bits per heavy atom. The lowest BCUT2D eigenvalue weighted by Crippen LogP contribution is -2.30. The van der Waals surface area contributed by atoms with Crippen LogP contribution in [0.1, 0.15) is 53.6 Å². The number of rotatable bonds is 11. The first-order chi connectivity index (χ1) is 15.0. The number of furan rings is 1. The molecule has 2 aromatic carbocycles. The number of hydrogen-bond donors (Lipinski definition) is 1. The van der Waals surface area contributed by atoms with Gasteiger partial charge >= 0.3 is 0 Å². The lowest BCUT2D eigenvalue weighted by molar-refractivity contribution is 0.0928. The standard InChI is InChI=1S/C26H32N2O3/c1-4-28(20(2)3)17-21-10-12-24(13-11-21)26(29)27-16-22-7-5-8-23(15-22)18-30-19-25-9-6-14-31-25/h5-15,20H,4,16-19H2,1-3H3,(H,27,29). The van der Waals surface area contributed by atoms with Gasteiger partial charge in [-0.2, -0.15) is 0 Å². The van der Waals surface area contributed by atoms with Gasteiger partial charge in [0.2, 0.25) is 0 Å². The second kappa shape index (κ2) is 11.5. The van der Waals surface area contributed by atoms with Gasteiger partial charge < -0.3 is 14.5 Å². The van der Waals surface area contributed by atoms with E-state index in [1.165, 1.54) is 5.56 Å². The van der Waals surface area contributed by atoms with Crippen LogP contribution in [0.15, 0.2) is 71.3 Å². The van der Waals surface area contributed by atoms with E-state index in [1.54, 1.807) is 6.26 Å². The van der Waals surface area contributed by atoms with Crippen LogP contribution in [0, 0.1) is 0 Å². The predicted molar refractivity (Wildman–Crippen MR) is 122 cm³/mol. The average Bonchev–Trinajstić information content (AvgIpc) is 3.30. The van der Waals surface area contributed by atoms with E-state index in [4.69, 9.17) is 9.15 Å². The molecule has 0 spiro atoms. The van der Waals surface area contributed by atoms with Crippen molar-refractivity contribution in [1.82, 2.24) is 10.2 Å². The van der Waals surface area contributed by atoms with Crippen LogP contribution < -0.4 is 5.32 Å². The Kier molecular flexibility index (Phi) is 8.44. The summed E-state index contributed by atoms with van der Waals surface area (Å²) in [6, 6.07) is 20.2. The lowest BCUT2D eigenvalue weighted by atomic mass is 10.1. The van der Waals surface area contributed by atoms with Crippen LogP contribution in [0.3, 0.4) is 0 Å². The van der Waals surface area contributed by atoms with Crippen LogP contribution in [-0.2, 0) is 31.0 Å². The van der Waals surface area contributed by atoms with Crippen molar-refractivity contribution < 1.29 is 13.9 Å². The van der Waals surface area contributed by atoms with Crippen molar-refractivity contribution >= 4 is 5.91 Å². The molecule has 5 nitrogen and oxygen atoms in total. The van der Waals surface area contributed by atoms with E-state index >= 15 is 0 Å². The first kappa shape index (κ1) is 22.8. The quantitative estimate of drug-likeness (QED) is 0.466. The van der Waals surface area contributed by atoms with E-state index in [0.717, 1.165) is 30.0 Å². The molecule has 1 amide bonds. The van der Waals surface area contributed by atoms with Gasteiger partial charge in [0, 0.05) is 24.7 Å². The zero-order valence-electron chi connectivity index (χ0n) is 18.6. The number of carbonyl (C=O) groups is 1. The molecule has 1 N–H and O–H groups in total. The highest BCUT2D eigenvalue weighted by Gasteiger charge is 2.09. The van der Waals surface area contributed by atoms with Crippen LogP contribution in [-0.4, -0.2) is 23.4 Å². The topological polar surface area (TPSA) is 54.7 Å². The molecule has 0 unspecified atom stereocenters. The zero-order chi connectivity index (χ0) is 22.1. The summed E-state index contributed by atoms with van der Waals surface area (Å²) in [4.78, 5) is 14.9. The van der Waals surface area contributed by atoms with Gasteiger partial charge in [0.05, 0.1) is 12.9 Å². The van der Waals surface area contributed by atoms with E-state index in [1.807, 2.05) is 54.6 Å². The smallest absolute Gasteiger partial charge is 0.251 e. The van der Waals surface area contributed by atoms with Crippen LogP contribution >= 0.6 is 0 Å². The molecule has 1 aromatic heterocycles. The van der Waals surface area contributed by atoms with Gasteiger partial charge in [-0.25, -0.2) is 0 Å². The number of ether oxygens (including phenoxy) is 1. The third-order valence-corrected chi connectivity index (χ3v) is 5.28. The van der Waals surface area contributed by atoms with Gasteiger partial charge in [-0.15, -0.1) is 0 Å². The molecule has 0 aliphatic carbocycles. The maximum Gasteiger partial charge on any atom is 0.251 e. The fraction of sp³-hybridized carbons (Fsp3) is 0.346. The highest BCUT2D eigenvalue weighted by molar-refractivity contribution is 5.94. The highest BCUT2D eigenvalue weighted by atomic mass is 16.5. The number of amides is 1.